The van der Waals surface area contributed by atoms with Crippen molar-refractivity contribution in [2.45, 2.75) is 70.6 Å². The van der Waals surface area contributed by atoms with Crippen LogP contribution >= 0.6 is 0 Å². The van der Waals surface area contributed by atoms with Crippen LogP contribution in [-0.4, -0.2) is 0 Å². The minimum absolute atomic E-state index is 1.04. The standard InChI is InChI=1S/C14H24/c1-2-4-6-8-14-11-9-13(10-12-14)7-5-3-1/h9,14H,1-8,10-12H2. The van der Waals surface area contributed by atoms with Gasteiger partial charge in [-0.15, -0.1) is 0 Å². The molecule has 0 amide bonds. The Morgan fingerprint density at radius 2 is 1.57 bits per heavy atom. The van der Waals surface area contributed by atoms with Gasteiger partial charge in [0.15, 0.2) is 0 Å². The smallest absolute Gasteiger partial charge is 0.0318 e. The number of hydrogen-bond donors (Lipinski definition) is 0. The van der Waals surface area contributed by atoms with Gasteiger partial charge in [0.05, 0.1) is 0 Å². The predicted molar refractivity (Wildman–Crippen MR) is 62.4 cm³/mol. The zero-order chi connectivity index (χ0) is 9.64. The van der Waals surface area contributed by atoms with E-state index in [-0.39, 0.29) is 0 Å². The molecule has 0 heterocycles. The van der Waals surface area contributed by atoms with Crippen LogP contribution in [-0.2, 0) is 0 Å². The summed E-state index contributed by atoms with van der Waals surface area (Å²) < 4.78 is 0. The van der Waals surface area contributed by atoms with E-state index in [1.807, 2.05) is 0 Å². The highest BCUT2D eigenvalue weighted by Crippen LogP contribution is 2.30. The Bertz CT molecular complexity index is 190. The lowest BCUT2D eigenvalue weighted by molar-refractivity contribution is 0.402. The Hall–Kier alpha value is -0.260. The van der Waals surface area contributed by atoms with Gasteiger partial charge in [-0.3, -0.25) is 0 Å². The summed E-state index contributed by atoms with van der Waals surface area (Å²) in [7, 11) is 0. The summed E-state index contributed by atoms with van der Waals surface area (Å²) in [6.45, 7) is 0. The summed E-state index contributed by atoms with van der Waals surface area (Å²) in [5.74, 6) is 1.04. The van der Waals surface area contributed by atoms with Gasteiger partial charge in [-0.25, -0.2) is 0 Å². The van der Waals surface area contributed by atoms with E-state index < -0.39 is 0 Å². The molecule has 14 heavy (non-hydrogen) atoms. The molecule has 3 aliphatic rings. The van der Waals surface area contributed by atoms with Gasteiger partial charge in [0.2, 0.25) is 0 Å². The van der Waals surface area contributed by atoms with E-state index in [9.17, 15) is 0 Å². The molecule has 0 aromatic carbocycles. The first-order chi connectivity index (χ1) is 6.95. The number of hydrogen-bond acceptors (Lipinski definition) is 0. The van der Waals surface area contributed by atoms with E-state index in [0.29, 0.717) is 0 Å². The highest BCUT2D eigenvalue weighted by molar-refractivity contribution is 5.06. The van der Waals surface area contributed by atoms with Crippen LogP contribution in [0.4, 0.5) is 0 Å². The normalized spacial score (nSPS) is 30.3. The molecule has 0 aromatic heterocycles. The minimum atomic E-state index is 1.04. The van der Waals surface area contributed by atoms with Crippen LogP contribution < -0.4 is 0 Å². The molecule has 80 valence electrons. The van der Waals surface area contributed by atoms with Gasteiger partial charge >= 0.3 is 0 Å². The maximum Gasteiger partial charge on any atom is -0.0318 e. The summed E-state index contributed by atoms with van der Waals surface area (Å²) in [4.78, 5) is 0. The van der Waals surface area contributed by atoms with Crippen molar-refractivity contribution in [1.29, 1.82) is 0 Å². The molecule has 0 spiro atoms. The Morgan fingerprint density at radius 3 is 2.36 bits per heavy atom. The zero-order valence-electron chi connectivity index (χ0n) is 9.43. The second kappa shape index (κ2) is 5.58. The second-order valence-electron chi connectivity index (χ2n) is 5.16. The van der Waals surface area contributed by atoms with E-state index in [4.69, 9.17) is 0 Å². The molecule has 0 heteroatoms. The SMILES string of the molecule is C1=C2CCCCCCCCC(C1)CC2. The van der Waals surface area contributed by atoms with Crippen molar-refractivity contribution in [3.8, 4) is 0 Å². The van der Waals surface area contributed by atoms with Crippen LogP contribution in [0.5, 0.6) is 0 Å². The third-order valence-electron chi connectivity index (χ3n) is 3.97. The van der Waals surface area contributed by atoms with E-state index in [1.54, 1.807) is 5.57 Å². The molecular weight excluding hydrogens is 168 g/mol. The number of fused-ring (bicyclic) bond motifs is 9. The van der Waals surface area contributed by atoms with E-state index in [2.05, 4.69) is 6.08 Å². The first kappa shape index (κ1) is 10.3. The zero-order valence-corrected chi connectivity index (χ0v) is 9.43. The molecule has 1 unspecified atom stereocenters. The lowest BCUT2D eigenvalue weighted by Crippen LogP contribution is -2.06. The van der Waals surface area contributed by atoms with Crippen molar-refractivity contribution in [2.75, 3.05) is 0 Å². The quantitative estimate of drug-likeness (QED) is 0.481. The summed E-state index contributed by atoms with van der Waals surface area (Å²) in [5, 5.41) is 0. The fourth-order valence-electron chi connectivity index (χ4n) is 2.92. The van der Waals surface area contributed by atoms with Gasteiger partial charge in [0.1, 0.15) is 0 Å². The molecule has 0 aromatic rings. The van der Waals surface area contributed by atoms with Gasteiger partial charge in [-0.1, -0.05) is 50.2 Å². The van der Waals surface area contributed by atoms with Crippen LogP contribution in [0.3, 0.4) is 0 Å². The molecule has 0 saturated heterocycles. The summed E-state index contributed by atoms with van der Waals surface area (Å²) >= 11 is 0. The summed E-state index contributed by atoms with van der Waals surface area (Å²) in [6, 6.07) is 0. The Kier molecular flexibility index (Phi) is 4.09. The highest BCUT2D eigenvalue weighted by Gasteiger charge is 2.14. The van der Waals surface area contributed by atoms with Crippen LogP contribution in [0.2, 0.25) is 0 Å². The van der Waals surface area contributed by atoms with E-state index >= 15 is 0 Å². The van der Waals surface area contributed by atoms with Crippen LogP contribution in [0.25, 0.3) is 0 Å². The highest BCUT2D eigenvalue weighted by atomic mass is 14.2. The fraction of sp³-hybridized carbons (Fsp3) is 0.857. The van der Waals surface area contributed by atoms with Gasteiger partial charge in [-0.05, 0) is 38.0 Å². The van der Waals surface area contributed by atoms with Crippen molar-refractivity contribution in [1.82, 2.24) is 0 Å². The molecule has 1 saturated carbocycles. The molecule has 3 rings (SSSR count). The molecular formula is C14H24. The Balaban J connectivity index is 1.87. The molecule has 2 bridgehead atoms. The Labute approximate surface area is 88.8 Å². The van der Waals surface area contributed by atoms with Gasteiger partial charge in [-0.2, -0.15) is 0 Å². The third kappa shape index (κ3) is 3.15. The minimum Gasteiger partial charge on any atom is -0.0851 e. The Morgan fingerprint density at radius 1 is 0.786 bits per heavy atom. The topological polar surface area (TPSA) is 0 Å². The molecule has 1 fully saturated rings. The lowest BCUT2D eigenvalue weighted by atomic mass is 9.84. The van der Waals surface area contributed by atoms with Crippen molar-refractivity contribution < 1.29 is 0 Å². The van der Waals surface area contributed by atoms with Crippen molar-refractivity contribution in [3.63, 3.8) is 0 Å². The lowest BCUT2D eigenvalue weighted by Gasteiger charge is -2.22. The molecule has 0 N–H and O–H groups in total. The third-order valence-corrected chi connectivity index (χ3v) is 3.97. The summed E-state index contributed by atoms with van der Waals surface area (Å²) in [5.41, 5.74) is 1.78. The van der Waals surface area contributed by atoms with E-state index in [1.165, 1.54) is 70.6 Å². The first-order valence-corrected chi connectivity index (χ1v) is 6.63. The predicted octanol–water partition coefficient (Wildman–Crippen LogP) is 4.85. The maximum atomic E-state index is 2.57. The fourth-order valence-corrected chi connectivity index (χ4v) is 2.92. The summed E-state index contributed by atoms with van der Waals surface area (Å²) in [6.07, 6.45) is 18.7. The molecule has 1 atom stereocenters. The first-order valence-electron chi connectivity index (χ1n) is 6.63. The van der Waals surface area contributed by atoms with Gasteiger partial charge in [0.25, 0.3) is 0 Å². The number of rotatable bonds is 0. The maximum absolute atomic E-state index is 2.57. The molecule has 0 aliphatic heterocycles. The van der Waals surface area contributed by atoms with E-state index in [0.717, 1.165) is 5.92 Å². The average Bonchev–Trinajstić information content (AvgIpc) is 2.20. The van der Waals surface area contributed by atoms with Gasteiger partial charge in [0, 0.05) is 0 Å². The van der Waals surface area contributed by atoms with Crippen molar-refractivity contribution in [2.24, 2.45) is 5.92 Å². The average molecular weight is 192 g/mol. The van der Waals surface area contributed by atoms with Crippen molar-refractivity contribution in [3.05, 3.63) is 11.6 Å². The van der Waals surface area contributed by atoms with Crippen molar-refractivity contribution >= 4 is 0 Å². The molecule has 3 aliphatic carbocycles. The largest absolute Gasteiger partial charge is 0.0851 e. The van der Waals surface area contributed by atoms with Crippen LogP contribution in [0.1, 0.15) is 70.6 Å². The van der Waals surface area contributed by atoms with Crippen LogP contribution in [0, 0.1) is 5.92 Å². The molecule has 0 radical (unpaired) electrons. The number of allylic oxidation sites excluding steroid dienone is 2. The molecule has 0 nitrogen and oxygen atoms in total. The van der Waals surface area contributed by atoms with Crippen LogP contribution in [0.15, 0.2) is 11.6 Å². The monoisotopic (exact) mass is 192 g/mol. The second-order valence-corrected chi connectivity index (χ2v) is 5.16. The van der Waals surface area contributed by atoms with Gasteiger partial charge < -0.3 is 0 Å².